The standard InChI is InChI=1S/C10H11NO4S/c12-10(11-13)5-16-4-7-1-2-8-9(3-7)15-6-14-8/h1-3,13H,4-6H2,(H,11,12). The van der Waals surface area contributed by atoms with Gasteiger partial charge >= 0.3 is 0 Å². The van der Waals surface area contributed by atoms with E-state index in [2.05, 4.69) is 0 Å². The van der Waals surface area contributed by atoms with E-state index in [1.54, 1.807) is 5.48 Å². The number of carbonyl (C=O) groups is 1. The van der Waals surface area contributed by atoms with E-state index in [9.17, 15) is 4.79 Å². The van der Waals surface area contributed by atoms with E-state index in [0.717, 1.165) is 17.1 Å². The second kappa shape index (κ2) is 5.09. The zero-order chi connectivity index (χ0) is 11.4. The number of fused-ring (bicyclic) bond motifs is 1. The van der Waals surface area contributed by atoms with E-state index < -0.39 is 5.91 Å². The van der Waals surface area contributed by atoms with Crippen molar-refractivity contribution >= 4 is 17.7 Å². The molecule has 16 heavy (non-hydrogen) atoms. The summed E-state index contributed by atoms with van der Waals surface area (Å²) in [5.74, 6) is 2.01. The fraction of sp³-hybridized carbons (Fsp3) is 0.300. The maximum atomic E-state index is 10.8. The highest BCUT2D eigenvalue weighted by Gasteiger charge is 2.13. The van der Waals surface area contributed by atoms with Gasteiger partial charge in [0, 0.05) is 5.75 Å². The van der Waals surface area contributed by atoms with Crippen LogP contribution in [0.3, 0.4) is 0 Å². The lowest BCUT2D eigenvalue weighted by molar-refractivity contribution is -0.126. The molecule has 0 saturated carbocycles. The first-order valence-corrected chi connectivity index (χ1v) is 5.84. The summed E-state index contributed by atoms with van der Waals surface area (Å²) < 4.78 is 10.4. The van der Waals surface area contributed by atoms with Crippen molar-refractivity contribution < 1.29 is 19.5 Å². The minimum absolute atomic E-state index is 0.227. The van der Waals surface area contributed by atoms with Crippen LogP contribution in [0, 0.1) is 0 Å². The molecule has 2 rings (SSSR count). The lowest BCUT2D eigenvalue weighted by Gasteiger charge is -2.02. The van der Waals surface area contributed by atoms with Crippen molar-refractivity contribution in [3.8, 4) is 11.5 Å². The van der Waals surface area contributed by atoms with Gasteiger partial charge < -0.3 is 9.47 Å². The second-order valence-corrected chi connectivity index (χ2v) is 4.20. The maximum absolute atomic E-state index is 10.8. The highest BCUT2D eigenvalue weighted by molar-refractivity contribution is 7.99. The van der Waals surface area contributed by atoms with Gasteiger partial charge in [-0.15, -0.1) is 11.8 Å². The van der Waals surface area contributed by atoms with Crippen molar-refractivity contribution in [3.05, 3.63) is 23.8 Å². The quantitative estimate of drug-likeness (QED) is 0.611. The molecule has 0 bridgehead atoms. The van der Waals surface area contributed by atoms with E-state index in [1.165, 1.54) is 11.8 Å². The number of ether oxygens (including phenoxy) is 2. The van der Waals surface area contributed by atoms with Gasteiger partial charge in [0.1, 0.15) is 0 Å². The number of hydroxylamine groups is 1. The molecule has 1 aliphatic rings. The van der Waals surface area contributed by atoms with E-state index in [1.807, 2.05) is 18.2 Å². The van der Waals surface area contributed by atoms with Gasteiger partial charge in [0.15, 0.2) is 11.5 Å². The van der Waals surface area contributed by atoms with E-state index >= 15 is 0 Å². The number of hydrogen-bond donors (Lipinski definition) is 2. The Morgan fingerprint density at radius 3 is 3.06 bits per heavy atom. The summed E-state index contributed by atoms with van der Waals surface area (Å²) in [7, 11) is 0. The SMILES string of the molecule is O=C(CSCc1ccc2c(c1)OCO2)NO. The Bertz CT molecular complexity index is 396. The van der Waals surface area contributed by atoms with Gasteiger partial charge in [-0.1, -0.05) is 6.07 Å². The van der Waals surface area contributed by atoms with Gasteiger partial charge in [-0.3, -0.25) is 10.0 Å². The molecule has 1 aliphatic heterocycles. The van der Waals surface area contributed by atoms with Crippen LogP contribution in [0.2, 0.25) is 0 Å². The highest BCUT2D eigenvalue weighted by atomic mass is 32.2. The van der Waals surface area contributed by atoms with E-state index in [0.29, 0.717) is 5.75 Å². The van der Waals surface area contributed by atoms with Gasteiger partial charge in [-0.25, -0.2) is 5.48 Å². The van der Waals surface area contributed by atoms with Gasteiger partial charge in [0.2, 0.25) is 6.79 Å². The summed E-state index contributed by atoms with van der Waals surface area (Å²) >= 11 is 1.42. The van der Waals surface area contributed by atoms with Crippen molar-refractivity contribution in [1.82, 2.24) is 5.48 Å². The van der Waals surface area contributed by atoms with Crippen molar-refractivity contribution in [1.29, 1.82) is 0 Å². The summed E-state index contributed by atoms with van der Waals surface area (Å²) in [5, 5.41) is 8.31. The average molecular weight is 241 g/mol. The smallest absolute Gasteiger partial charge is 0.253 e. The predicted octanol–water partition coefficient (Wildman–Crippen LogP) is 1.15. The predicted molar refractivity (Wildman–Crippen MR) is 58.7 cm³/mol. The molecule has 0 radical (unpaired) electrons. The van der Waals surface area contributed by atoms with Crippen LogP contribution >= 0.6 is 11.8 Å². The van der Waals surface area contributed by atoms with Crippen molar-refractivity contribution in [2.45, 2.75) is 5.75 Å². The van der Waals surface area contributed by atoms with Crippen LogP contribution in [0.1, 0.15) is 5.56 Å². The Morgan fingerprint density at radius 1 is 1.44 bits per heavy atom. The number of rotatable bonds is 4. The number of benzene rings is 1. The number of hydrogen-bond acceptors (Lipinski definition) is 5. The lowest BCUT2D eigenvalue weighted by atomic mass is 10.2. The third-order valence-corrected chi connectivity index (χ3v) is 3.07. The molecule has 0 aliphatic carbocycles. The fourth-order valence-electron chi connectivity index (χ4n) is 1.32. The molecule has 0 spiro atoms. The largest absolute Gasteiger partial charge is 0.454 e. The second-order valence-electron chi connectivity index (χ2n) is 3.22. The molecule has 0 fully saturated rings. The molecule has 0 saturated heterocycles. The first-order valence-electron chi connectivity index (χ1n) is 4.69. The Kier molecular flexibility index (Phi) is 3.53. The monoisotopic (exact) mass is 241 g/mol. The Labute approximate surface area is 96.7 Å². The minimum Gasteiger partial charge on any atom is -0.454 e. The molecular weight excluding hydrogens is 230 g/mol. The van der Waals surface area contributed by atoms with Crippen LogP contribution < -0.4 is 15.0 Å². The fourth-order valence-corrected chi connectivity index (χ4v) is 2.09. The summed E-state index contributed by atoms with van der Waals surface area (Å²) in [4.78, 5) is 10.8. The Morgan fingerprint density at radius 2 is 2.25 bits per heavy atom. The summed E-state index contributed by atoms with van der Waals surface area (Å²) in [6.07, 6.45) is 0. The number of nitrogens with one attached hydrogen (secondary N) is 1. The zero-order valence-corrected chi connectivity index (χ0v) is 9.25. The summed E-state index contributed by atoms with van der Waals surface area (Å²) in [5.41, 5.74) is 2.64. The van der Waals surface area contributed by atoms with Crippen molar-refractivity contribution in [2.75, 3.05) is 12.5 Å². The molecule has 1 amide bonds. The topological polar surface area (TPSA) is 67.8 Å². The van der Waals surface area contributed by atoms with Crippen LogP contribution in [0.5, 0.6) is 11.5 Å². The van der Waals surface area contributed by atoms with E-state index in [-0.39, 0.29) is 12.5 Å². The van der Waals surface area contributed by atoms with Crippen LogP contribution in [0.4, 0.5) is 0 Å². The normalized spacial score (nSPS) is 12.6. The van der Waals surface area contributed by atoms with Crippen molar-refractivity contribution in [2.24, 2.45) is 0 Å². The number of carbonyl (C=O) groups excluding carboxylic acids is 1. The van der Waals surface area contributed by atoms with Crippen LogP contribution in [0.15, 0.2) is 18.2 Å². The molecule has 0 unspecified atom stereocenters. The molecule has 1 aromatic carbocycles. The summed E-state index contributed by atoms with van der Waals surface area (Å²) in [6.45, 7) is 0.263. The molecule has 5 nitrogen and oxygen atoms in total. The van der Waals surface area contributed by atoms with Gasteiger partial charge in [0.25, 0.3) is 5.91 Å². The Hall–Kier alpha value is -1.40. The lowest BCUT2D eigenvalue weighted by Crippen LogP contribution is -2.20. The highest BCUT2D eigenvalue weighted by Crippen LogP contribution is 2.33. The minimum atomic E-state index is -0.397. The maximum Gasteiger partial charge on any atom is 0.253 e. The molecule has 0 aromatic heterocycles. The van der Waals surface area contributed by atoms with E-state index in [4.69, 9.17) is 14.7 Å². The molecule has 1 aromatic rings. The van der Waals surface area contributed by atoms with Crippen LogP contribution in [-0.4, -0.2) is 23.7 Å². The third-order valence-electron chi connectivity index (χ3n) is 2.06. The van der Waals surface area contributed by atoms with Gasteiger partial charge in [-0.2, -0.15) is 0 Å². The Balaban J connectivity index is 1.88. The van der Waals surface area contributed by atoms with Gasteiger partial charge in [-0.05, 0) is 17.7 Å². The first-order chi connectivity index (χ1) is 7.79. The molecule has 6 heteroatoms. The first kappa shape index (κ1) is 11.1. The van der Waals surface area contributed by atoms with Crippen LogP contribution in [0.25, 0.3) is 0 Å². The summed E-state index contributed by atoms with van der Waals surface area (Å²) in [6, 6.07) is 5.67. The molecule has 86 valence electrons. The zero-order valence-electron chi connectivity index (χ0n) is 8.43. The molecule has 2 N–H and O–H groups in total. The molecule has 0 atom stereocenters. The van der Waals surface area contributed by atoms with Gasteiger partial charge in [0.05, 0.1) is 5.75 Å². The number of thioether (sulfide) groups is 1. The third kappa shape index (κ3) is 2.59. The molecular formula is C10H11NO4S. The number of amides is 1. The van der Waals surface area contributed by atoms with Crippen molar-refractivity contribution in [3.63, 3.8) is 0 Å². The van der Waals surface area contributed by atoms with Crippen LogP contribution in [-0.2, 0) is 10.5 Å². The molecule has 1 heterocycles. The average Bonchev–Trinajstić information content (AvgIpc) is 2.76.